The quantitative estimate of drug-likeness (QED) is 0.355. The van der Waals surface area contributed by atoms with Crippen molar-refractivity contribution in [3.8, 4) is 0 Å². The third-order valence-electron chi connectivity index (χ3n) is 4.50. The van der Waals surface area contributed by atoms with E-state index in [1.54, 1.807) is 18.3 Å². The normalized spacial score (nSPS) is 17.4. The molecule has 1 atom stereocenters. The molecule has 150 valence electrons. The molecule has 3 rings (SSSR count). The molecule has 0 radical (unpaired) electrons. The first-order valence-corrected chi connectivity index (χ1v) is 9.97. The van der Waals surface area contributed by atoms with Crippen molar-refractivity contribution in [2.24, 2.45) is 15.9 Å². The number of amidine groups is 1. The van der Waals surface area contributed by atoms with Gasteiger partial charge in [-0.15, -0.1) is 5.10 Å². The molecule has 0 aliphatic carbocycles. The Hall–Kier alpha value is -3.13. The highest BCUT2D eigenvalue weighted by Gasteiger charge is 2.41. The van der Waals surface area contributed by atoms with Gasteiger partial charge >= 0.3 is 0 Å². The summed E-state index contributed by atoms with van der Waals surface area (Å²) in [5.74, 6) is -0.519. The second-order valence-electron chi connectivity index (χ2n) is 6.83. The Morgan fingerprint density at radius 3 is 2.52 bits per heavy atom. The summed E-state index contributed by atoms with van der Waals surface area (Å²) in [6.45, 7) is 1.87. The maximum atomic E-state index is 12.7. The van der Waals surface area contributed by atoms with Crippen LogP contribution in [0.1, 0.15) is 17.5 Å². The summed E-state index contributed by atoms with van der Waals surface area (Å²) >= 11 is 1.06. The van der Waals surface area contributed by atoms with Crippen molar-refractivity contribution in [2.45, 2.75) is 18.6 Å². The Morgan fingerprint density at radius 1 is 1.17 bits per heavy atom. The van der Waals surface area contributed by atoms with Crippen LogP contribution in [0.5, 0.6) is 0 Å². The Morgan fingerprint density at radius 2 is 1.86 bits per heavy atom. The molecule has 2 N–H and O–H groups in total. The van der Waals surface area contributed by atoms with Crippen LogP contribution in [0.4, 0.5) is 11.4 Å². The van der Waals surface area contributed by atoms with Gasteiger partial charge in [0.15, 0.2) is 5.17 Å². The lowest BCUT2D eigenvalue weighted by molar-refractivity contribution is -0.121. The molecule has 2 aromatic rings. The van der Waals surface area contributed by atoms with Gasteiger partial charge in [-0.05, 0) is 36.2 Å². The highest BCUT2D eigenvalue weighted by Crippen LogP contribution is 2.31. The second-order valence-corrected chi connectivity index (χ2v) is 8.06. The van der Waals surface area contributed by atoms with Gasteiger partial charge in [-0.2, -0.15) is 5.10 Å². The lowest BCUT2D eigenvalue weighted by Gasteiger charge is -2.16. The van der Waals surface area contributed by atoms with Crippen molar-refractivity contribution in [2.75, 3.05) is 23.9 Å². The third-order valence-corrected chi connectivity index (χ3v) is 5.47. The summed E-state index contributed by atoms with van der Waals surface area (Å²) in [6.07, 6.45) is 1.68. The van der Waals surface area contributed by atoms with Gasteiger partial charge in [0, 0.05) is 26.2 Å². The molecule has 2 aromatic carbocycles. The molecule has 8 heteroatoms. The molecule has 0 saturated carbocycles. The molecule has 1 unspecified atom stereocenters. The highest BCUT2D eigenvalue weighted by atomic mass is 32.2. The number of hydrogen-bond donors (Lipinski definition) is 1. The van der Waals surface area contributed by atoms with Crippen LogP contribution < -0.4 is 15.5 Å². The Balaban J connectivity index is 1.64. The van der Waals surface area contributed by atoms with E-state index in [1.165, 1.54) is 4.90 Å². The Kier molecular flexibility index (Phi) is 6.33. The van der Waals surface area contributed by atoms with E-state index in [2.05, 4.69) is 10.2 Å². The molecule has 1 saturated heterocycles. The molecule has 1 aliphatic rings. The first-order chi connectivity index (χ1) is 13.9. The van der Waals surface area contributed by atoms with E-state index in [0.717, 1.165) is 28.6 Å². The smallest absolute Gasteiger partial charge is 0.247 e. The van der Waals surface area contributed by atoms with Crippen molar-refractivity contribution in [1.82, 2.24) is 0 Å². The van der Waals surface area contributed by atoms with Gasteiger partial charge < -0.3 is 10.6 Å². The van der Waals surface area contributed by atoms with Crippen molar-refractivity contribution in [3.63, 3.8) is 0 Å². The average molecular weight is 410 g/mol. The lowest BCUT2D eigenvalue weighted by atomic mass is 10.2. The summed E-state index contributed by atoms with van der Waals surface area (Å²) < 4.78 is 0. The predicted octanol–water partition coefficient (Wildman–Crippen LogP) is 2.77. The van der Waals surface area contributed by atoms with E-state index in [-0.39, 0.29) is 23.4 Å². The fourth-order valence-corrected chi connectivity index (χ4v) is 3.76. The van der Waals surface area contributed by atoms with Crippen LogP contribution in [0.25, 0.3) is 0 Å². The maximum absolute atomic E-state index is 12.7. The number of amides is 2. The zero-order chi connectivity index (χ0) is 21.0. The number of rotatable bonds is 5. The van der Waals surface area contributed by atoms with Gasteiger partial charge in [0.1, 0.15) is 5.25 Å². The van der Waals surface area contributed by atoms with E-state index in [0.29, 0.717) is 5.69 Å². The molecule has 7 nitrogen and oxygen atoms in total. The monoisotopic (exact) mass is 409 g/mol. The van der Waals surface area contributed by atoms with E-state index in [4.69, 9.17) is 5.73 Å². The number of imide groups is 1. The number of benzene rings is 2. The minimum Gasteiger partial charge on any atom is -0.378 e. The SMILES string of the molecule is Cc1ccccc1N1C(=O)CC(SC(N)=NN=Cc2ccc(N(C)C)cc2)C1=O. The molecule has 0 aromatic heterocycles. The topological polar surface area (TPSA) is 91.4 Å². The summed E-state index contributed by atoms with van der Waals surface area (Å²) in [7, 11) is 3.95. The molecule has 0 spiro atoms. The zero-order valence-corrected chi connectivity index (χ0v) is 17.4. The largest absolute Gasteiger partial charge is 0.378 e. The number of carbonyl (C=O) groups excluding carboxylic acids is 2. The third kappa shape index (κ3) is 4.83. The fourth-order valence-electron chi connectivity index (χ4n) is 2.94. The maximum Gasteiger partial charge on any atom is 0.247 e. The van der Waals surface area contributed by atoms with Crippen LogP contribution in [0.15, 0.2) is 58.7 Å². The van der Waals surface area contributed by atoms with Crippen LogP contribution in [0.2, 0.25) is 0 Å². The first-order valence-electron chi connectivity index (χ1n) is 9.10. The van der Waals surface area contributed by atoms with Gasteiger partial charge in [-0.1, -0.05) is 42.1 Å². The molecule has 1 heterocycles. The van der Waals surface area contributed by atoms with Gasteiger partial charge in [0.2, 0.25) is 11.8 Å². The molecule has 2 amide bonds. The van der Waals surface area contributed by atoms with Gasteiger partial charge in [0.05, 0.1) is 11.9 Å². The van der Waals surface area contributed by atoms with Gasteiger partial charge in [-0.25, -0.2) is 4.90 Å². The minimum atomic E-state index is -0.597. The van der Waals surface area contributed by atoms with Crippen molar-refractivity contribution >= 4 is 46.3 Å². The van der Waals surface area contributed by atoms with Crippen LogP contribution in [0, 0.1) is 6.92 Å². The number of anilines is 2. The lowest BCUT2D eigenvalue weighted by Crippen LogP contribution is -2.32. The summed E-state index contributed by atoms with van der Waals surface area (Å²) in [4.78, 5) is 28.3. The van der Waals surface area contributed by atoms with Crippen LogP contribution in [0.3, 0.4) is 0 Å². The number of nitrogens with two attached hydrogens (primary N) is 1. The van der Waals surface area contributed by atoms with Gasteiger partial charge in [-0.3, -0.25) is 9.59 Å². The molecule has 1 aliphatic heterocycles. The van der Waals surface area contributed by atoms with Crippen molar-refractivity contribution in [1.29, 1.82) is 0 Å². The van der Waals surface area contributed by atoms with E-state index < -0.39 is 5.25 Å². The first kappa shape index (κ1) is 20.6. The number of aryl methyl sites for hydroxylation is 1. The number of carbonyl (C=O) groups is 2. The standard InChI is InChI=1S/C21H23N5O2S/c1-14-6-4-5-7-17(14)26-19(27)12-18(20(26)28)29-21(22)24-23-13-15-8-10-16(11-9-15)25(2)3/h4-11,13,18H,12H2,1-3H3,(H2,22,24). The number of hydrogen-bond acceptors (Lipinski definition) is 6. The summed E-state index contributed by atoms with van der Waals surface area (Å²) in [6, 6.07) is 15.1. The highest BCUT2D eigenvalue weighted by molar-refractivity contribution is 8.14. The Labute approximate surface area is 174 Å². The van der Waals surface area contributed by atoms with E-state index in [9.17, 15) is 9.59 Å². The minimum absolute atomic E-state index is 0.0871. The molecule has 0 bridgehead atoms. The molecule has 1 fully saturated rings. The van der Waals surface area contributed by atoms with E-state index in [1.807, 2.05) is 62.3 Å². The molecular weight excluding hydrogens is 386 g/mol. The molecule has 29 heavy (non-hydrogen) atoms. The second kappa shape index (κ2) is 8.91. The number of nitrogens with zero attached hydrogens (tertiary/aromatic N) is 4. The zero-order valence-electron chi connectivity index (χ0n) is 16.6. The van der Waals surface area contributed by atoms with Crippen molar-refractivity contribution < 1.29 is 9.59 Å². The van der Waals surface area contributed by atoms with Crippen molar-refractivity contribution in [3.05, 3.63) is 59.7 Å². The van der Waals surface area contributed by atoms with Crippen LogP contribution in [-0.4, -0.2) is 42.5 Å². The number of para-hydroxylation sites is 1. The van der Waals surface area contributed by atoms with Gasteiger partial charge in [0.25, 0.3) is 0 Å². The number of thioether (sulfide) groups is 1. The molecular formula is C21H23N5O2S. The van der Waals surface area contributed by atoms with Crippen LogP contribution in [-0.2, 0) is 9.59 Å². The van der Waals surface area contributed by atoms with Crippen LogP contribution >= 0.6 is 11.8 Å². The van der Waals surface area contributed by atoms with E-state index >= 15 is 0 Å². The summed E-state index contributed by atoms with van der Waals surface area (Å²) in [5.41, 5.74) is 9.36. The fraction of sp³-hybridized carbons (Fsp3) is 0.238. The predicted molar refractivity (Wildman–Crippen MR) is 120 cm³/mol. The Bertz CT molecular complexity index is 969. The summed E-state index contributed by atoms with van der Waals surface area (Å²) in [5, 5.41) is 7.48. The average Bonchev–Trinajstić information content (AvgIpc) is 2.96.